The number of nitrogens with zero attached hydrogens (tertiary/aromatic N) is 1. The number of aliphatic hydroxyl groups excluding tert-OH is 1. The maximum absolute atomic E-state index is 8.91. The van der Waals surface area contributed by atoms with Crippen molar-refractivity contribution in [2.75, 3.05) is 19.6 Å². The van der Waals surface area contributed by atoms with Crippen LogP contribution in [0.5, 0.6) is 0 Å². The lowest BCUT2D eigenvalue weighted by Gasteiger charge is -2.37. The Morgan fingerprint density at radius 2 is 2.40 bits per heavy atom. The minimum absolute atomic E-state index is 0.170. The summed E-state index contributed by atoms with van der Waals surface area (Å²) >= 11 is 4.98. The molecule has 3 nitrogen and oxygen atoms in total. The van der Waals surface area contributed by atoms with E-state index < -0.39 is 0 Å². The monoisotopic (exact) mass is 160 g/mol. The summed E-state index contributed by atoms with van der Waals surface area (Å²) in [6.45, 7) is 4.23. The molecule has 4 heteroatoms. The molecule has 0 aromatic carbocycles. The highest BCUT2D eigenvalue weighted by Gasteiger charge is 2.25. The minimum Gasteiger partial charge on any atom is -0.389 e. The summed E-state index contributed by atoms with van der Waals surface area (Å²) in [5, 5.41) is 12.7. The number of likely N-dealkylation sites (tertiary alicyclic amines) is 1. The van der Waals surface area contributed by atoms with E-state index in [0.717, 1.165) is 11.7 Å². The summed E-state index contributed by atoms with van der Waals surface area (Å²) in [6.07, 6.45) is -0.170. The predicted octanol–water partition coefficient (Wildman–Crippen LogP) is -0.443. The zero-order valence-corrected chi connectivity index (χ0v) is 6.82. The average Bonchev–Trinajstić information content (AvgIpc) is 1.82. The van der Waals surface area contributed by atoms with E-state index >= 15 is 0 Å². The summed E-state index contributed by atoms with van der Waals surface area (Å²) < 4.78 is 0. The minimum atomic E-state index is -0.170. The Balaban J connectivity index is 2.18. The van der Waals surface area contributed by atoms with E-state index in [1.165, 1.54) is 0 Å². The maximum atomic E-state index is 8.91. The third-order valence-electron chi connectivity index (χ3n) is 1.48. The van der Waals surface area contributed by atoms with Crippen molar-refractivity contribution in [1.29, 1.82) is 0 Å². The van der Waals surface area contributed by atoms with Gasteiger partial charge in [0, 0.05) is 19.6 Å². The van der Waals surface area contributed by atoms with Crippen molar-refractivity contribution in [2.24, 2.45) is 0 Å². The Labute approximate surface area is 66.0 Å². The molecular formula is C6H12N2OS. The fourth-order valence-corrected chi connectivity index (χ4v) is 1.18. The van der Waals surface area contributed by atoms with Gasteiger partial charge in [-0.2, -0.15) is 0 Å². The molecule has 0 amide bonds. The molecule has 10 heavy (non-hydrogen) atoms. The molecule has 0 unspecified atom stereocenters. The number of nitrogens with one attached hydrogen (secondary N) is 1. The fraction of sp³-hybridized carbons (Fsp3) is 0.833. The molecule has 0 aromatic heterocycles. The molecule has 0 aromatic rings. The van der Waals surface area contributed by atoms with Crippen LogP contribution < -0.4 is 5.32 Å². The van der Waals surface area contributed by atoms with Crippen LogP contribution in [-0.2, 0) is 0 Å². The standard InChI is InChI=1S/C6H12N2OS/c1-2-7-6(10)8-3-5(9)4-8/h5,9H,2-4H2,1H3,(H,7,10). The van der Waals surface area contributed by atoms with Gasteiger partial charge in [0.1, 0.15) is 0 Å². The lowest BCUT2D eigenvalue weighted by Crippen LogP contribution is -2.56. The van der Waals surface area contributed by atoms with Gasteiger partial charge in [-0.05, 0) is 19.1 Å². The molecule has 1 aliphatic rings. The Kier molecular flexibility index (Phi) is 2.45. The molecule has 0 bridgehead atoms. The zero-order chi connectivity index (χ0) is 7.56. The predicted molar refractivity (Wildman–Crippen MR) is 43.9 cm³/mol. The van der Waals surface area contributed by atoms with Gasteiger partial charge in [-0.1, -0.05) is 0 Å². The second-order valence-electron chi connectivity index (χ2n) is 2.39. The highest BCUT2D eigenvalue weighted by molar-refractivity contribution is 7.80. The highest BCUT2D eigenvalue weighted by atomic mass is 32.1. The third kappa shape index (κ3) is 1.58. The van der Waals surface area contributed by atoms with Gasteiger partial charge in [0.05, 0.1) is 6.10 Å². The van der Waals surface area contributed by atoms with E-state index in [4.69, 9.17) is 17.3 Å². The Bertz CT molecular complexity index is 134. The number of rotatable bonds is 1. The van der Waals surface area contributed by atoms with Crippen LogP contribution in [0.15, 0.2) is 0 Å². The van der Waals surface area contributed by atoms with Crippen molar-refractivity contribution in [3.8, 4) is 0 Å². The molecule has 0 atom stereocenters. The first-order valence-electron chi connectivity index (χ1n) is 3.45. The fourth-order valence-electron chi connectivity index (χ4n) is 0.884. The lowest BCUT2D eigenvalue weighted by molar-refractivity contribution is 0.0462. The molecule has 1 fully saturated rings. The normalized spacial score (nSPS) is 18.4. The van der Waals surface area contributed by atoms with Crippen LogP contribution in [0.4, 0.5) is 0 Å². The van der Waals surface area contributed by atoms with Crippen LogP contribution in [0.2, 0.25) is 0 Å². The summed E-state index contributed by atoms with van der Waals surface area (Å²) in [6, 6.07) is 0. The molecular weight excluding hydrogens is 148 g/mol. The van der Waals surface area contributed by atoms with Gasteiger partial charge in [-0.3, -0.25) is 0 Å². The molecule has 1 heterocycles. The molecule has 0 aliphatic carbocycles. The summed E-state index contributed by atoms with van der Waals surface area (Å²) in [5.74, 6) is 0. The van der Waals surface area contributed by atoms with Crippen LogP contribution in [0.25, 0.3) is 0 Å². The van der Waals surface area contributed by atoms with Gasteiger partial charge in [0.2, 0.25) is 0 Å². The van der Waals surface area contributed by atoms with Crippen molar-refractivity contribution >= 4 is 17.3 Å². The van der Waals surface area contributed by atoms with Crippen molar-refractivity contribution in [2.45, 2.75) is 13.0 Å². The van der Waals surface area contributed by atoms with Gasteiger partial charge in [-0.15, -0.1) is 0 Å². The van der Waals surface area contributed by atoms with Gasteiger partial charge < -0.3 is 15.3 Å². The molecule has 1 saturated heterocycles. The van der Waals surface area contributed by atoms with Crippen LogP contribution in [-0.4, -0.2) is 40.9 Å². The topological polar surface area (TPSA) is 35.5 Å². The summed E-state index contributed by atoms with van der Waals surface area (Å²) in [7, 11) is 0. The van der Waals surface area contributed by atoms with Crippen LogP contribution in [0, 0.1) is 0 Å². The van der Waals surface area contributed by atoms with Crippen molar-refractivity contribution in [3.05, 3.63) is 0 Å². The lowest BCUT2D eigenvalue weighted by atomic mass is 10.2. The van der Waals surface area contributed by atoms with E-state index in [0.29, 0.717) is 13.1 Å². The van der Waals surface area contributed by atoms with Gasteiger partial charge in [0.25, 0.3) is 0 Å². The number of aliphatic hydroxyl groups is 1. The SMILES string of the molecule is CCNC(=S)N1CC(O)C1. The highest BCUT2D eigenvalue weighted by Crippen LogP contribution is 2.06. The largest absolute Gasteiger partial charge is 0.389 e. The smallest absolute Gasteiger partial charge is 0.169 e. The number of thiocarbonyl (C=S) groups is 1. The molecule has 2 N–H and O–H groups in total. The average molecular weight is 160 g/mol. The second-order valence-corrected chi connectivity index (χ2v) is 2.78. The summed E-state index contributed by atoms with van der Waals surface area (Å²) in [4.78, 5) is 1.95. The first-order chi connectivity index (χ1) is 4.74. The van der Waals surface area contributed by atoms with E-state index in [1.807, 2.05) is 11.8 Å². The van der Waals surface area contributed by atoms with E-state index in [-0.39, 0.29) is 6.10 Å². The number of hydrogen-bond acceptors (Lipinski definition) is 2. The Morgan fingerprint density at radius 3 is 2.80 bits per heavy atom. The molecule has 0 spiro atoms. The van der Waals surface area contributed by atoms with Gasteiger partial charge >= 0.3 is 0 Å². The zero-order valence-electron chi connectivity index (χ0n) is 6.00. The maximum Gasteiger partial charge on any atom is 0.169 e. The van der Waals surface area contributed by atoms with E-state index in [2.05, 4.69) is 5.32 Å². The quantitative estimate of drug-likeness (QED) is 0.510. The molecule has 1 rings (SSSR count). The molecule has 58 valence electrons. The molecule has 0 saturated carbocycles. The van der Waals surface area contributed by atoms with Crippen LogP contribution >= 0.6 is 12.2 Å². The van der Waals surface area contributed by atoms with E-state index in [9.17, 15) is 0 Å². The Morgan fingerprint density at radius 1 is 1.80 bits per heavy atom. The number of hydrogen-bond donors (Lipinski definition) is 2. The van der Waals surface area contributed by atoms with Crippen molar-refractivity contribution in [1.82, 2.24) is 10.2 Å². The first kappa shape index (κ1) is 7.75. The van der Waals surface area contributed by atoms with Gasteiger partial charge in [-0.25, -0.2) is 0 Å². The van der Waals surface area contributed by atoms with Gasteiger partial charge in [0.15, 0.2) is 5.11 Å². The first-order valence-corrected chi connectivity index (χ1v) is 3.85. The summed E-state index contributed by atoms with van der Waals surface area (Å²) in [5.41, 5.74) is 0. The molecule has 1 aliphatic heterocycles. The third-order valence-corrected chi connectivity index (χ3v) is 1.88. The van der Waals surface area contributed by atoms with Crippen molar-refractivity contribution < 1.29 is 5.11 Å². The Hall–Kier alpha value is -0.350. The van der Waals surface area contributed by atoms with Crippen molar-refractivity contribution in [3.63, 3.8) is 0 Å². The second kappa shape index (κ2) is 3.16. The number of β-amino-alcohol motifs (C(OH)–C–C–N with tert-alkyl or cyclic N) is 1. The van der Waals surface area contributed by atoms with E-state index in [1.54, 1.807) is 0 Å². The molecule has 0 radical (unpaired) electrons. The van der Waals surface area contributed by atoms with Crippen LogP contribution in [0.3, 0.4) is 0 Å². The van der Waals surface area contributed by atoms with Crippen LogP contribution in [0.1, 0.15) is 6.92 Å².